The van der Waals surface area contributed by atoms with Crippen LogP contribution in [0.3, 0.4) is 0 Å². The van der Waals surface area contributed by atoms with Crippen molar-refractivity contribution in [2.75, 3.05) is 18.5 Å². The van der Waals surface area contributed by atoms with Crippen molar-refractivity contribution >= 4 is 16.5 Å². The third kappa shape index (κ3) is 2.42. The zero-order chi connectivity index (χ0) is 9.10. The van der Waals surface area contributed by atoms with E-state index in [1.165, 1.54) is 6.42 Å². The van der Waals surface area contributed by atoms with Gasteiger partial charge in [-0.25, -0.2) is 4.98 Å². The van der Waals surface area contributed by atoms with Gasteiger partial charge in [0, 0.05) is 12.0 Å². The normalized spacial score (nSPS) is 23.0. The van der Waals surface area contributed by atoms with Crippen molar-refractivity contribution < 1.29 is 4.74 Å². The molecule has 0 saturated carbocycles. The van der Waals surface area contributed by atoms with E-state index in [1.54, 1.807) is 11.3 Å². The number of ether oxygens (including phenoxy) is 1. The monoisotopic (exact) mass is 198 g/mol. The Morgan fingerprint density at radius 3 is 3.23 bits per heavy atom. The van der Waals surface area contributed by atoms with Gasteiger partial charge in [-0.2, -0.15) is 0 Å². The summed E-state index contributed by atoms with van der Waals surface area (Å²) in [6, 6.07) is 0.458. The van der Waals surface area contributed by atoms with Gasteiger partial charge in [0.15, 0.2) is 5.13 Å². The first kappa shape index (κ1) is 8.97. The molecule has 2 rings (SSSR count). The molecule has 1 atom stereocenters. The van der Waals surface area contributed by atoms with E-state index in [0.29, 0.717) is 6.04 Å². The van der Waals surface area contributed by atoms with Crippen molar-refractivity contribution in [2.24, 2.45) is 0 Å². The average molecular weight is 198 g/mol. The van der Waals surface area contributed by atoms with Crippen LogP contribution in [-0.4, -0.2) is 24.2 Å². The summed E-state index contributed by atoms with van der Waals surface area (Å²) in [7, 11) is 0. The molecule has 0 spiro atoms. The molecule has 1 aromatic rings. The van der Waals surface area contributed by atoms with Gasteiger partial charge in [0.25, 0.3) is 0 Å². The lowest BCUT2D eigenvalue weighted by molar-refractivity contribution is 0.0876. The maximum absolute atomic E-state index is 5.38. The highest BCUT2D eigenvalue weighted by atomic mass is 32.1. The Kier molecular flexibility index (Phi) is 2.80. The number of rotatable bonds is 2. The second kappa shape index (κ2) is 4.07. The van der Waals surface area contributed by atoms with Crippen molar-refractivity contribution in [1.29, 1.82) is 0 Å². The third-order valence-corrected chi connectivity index (χ3v) is 3.00. The minimum atomic E-state index is 0.458. The predicted molar refractivity (Wildman–Crippen MR) is 54.3 cm³/mol. The molecule has 0 bridgehead atoms. The van der Waals surface area contributed by atoms with Gasteiger partial charge in [-0.05, 0) is 19.8 Å². The summed E-state index contributed by atoms with van der Waals surface area (Å²) in [6.07, 6.45) is 2.35. The molecule has 1 N–H and O–H groups in total. The molecule has 1 unspecified atom stereocenters. The van der Waals surface area contributed by atoms with Crippen LogP contribution in [0.5, 0.6) is 0 Å². The Balaban J connectivity index is 1.89. The first-order chi connectivity index (χ1) is 6.34. The van der Waals surface area contributed by atoms with Crippen LogP contribution in [-0.2, 0) is 4.74 Å². The van der Waals surface area contributed by atoms with Gasteiger partial charge < -0.3 is 10.1 Å². The van der Waals surface area contributed by atoms with Crippen molar-refractivity contribution in [1.82, 2.24) is 4.98 Å². The molecule has 0 aliphatic carbocycles. The Morgan fingerprint density at radius 1 is 1.69 bits per heavy atom. The van der Waals surface area contributed by atoms with Crippen LogP contribution in [0, 0.1) is 6.92 Å². The van der Waals surface area contributed by atoms with Gasteiger partial charge in [0.2, 0.25) is 0 Å². The van der Waals surface area contributed by atoms with Crippen molar-refractivity contribution in [3.8, 4) is 0 Å². The fourth-order valence-electron chi connectivity index (χ4n) is 1.45. The van der Waals surface area contributed by atoms with E-state index in [2.05, 4.69) is 15.7 Å². The number of aromatic nitrogens is 1. The maximum atomic E-state index is 5.38. The summed E-state index contributed by atoms with van der Waals surface area (Å²) in [5, 5.41) is 6.47. The quantitative estimate of drug-likeness (QED) is 0.789. The summed E-state index contributed by atoms with van der Waals surface area (Å²) < 4.78 is 5.38. The first-order valence-corrected chi connectivity index (χ1v) is 5.49. The van der Waals surface area contributed by atoms with Gasteiger partial charge in [-0.15, -0.1) is 11.3 Å². The zero-order valence-electron chi connectivity index (χ0n) is 7.75. The van der Waals surface area contributed by atoms with E-state index in [9.17, 15) is 0 Å². The van der Waals surface area contributed by atoms with Gasteiger partial charge in [0.05, 0.1) is 18.3 Å². The average Bonchev–Trinajstić information content (AvgIpc) is 2.53. The molecule has 4 heteroatoms. The number of nitrogens with one attached hydrogen (secondary N) is 1. The number of hydrogen-bond acceptors (Lipinski definition) is 4. The number of aryl methyl sites for hydroxylation is 1. The molecule has 2 heterocycles. The van der Waals surface area contributed by atoms with Crippen molar-refractivity contribution in [3.05, 3.63) is 11.1 Å². The number of thiazole rings is 1. The Hall–Kier alpha value is -0.610. The second-order valence-electron chi connectivity index (χ2n) is 3.35. The van der Waals surface area contributed by atoms with E-state index in [1.807, 2.05) is 6.92 Å². The van der Waals surface area contributed by atoms with Gasteiger partial charge in [0.1, 0.15) is 0 Å². The smallest absolute Gasteiger partial charge is 0.183 e. The SMILES string of the molecule is Cc1csc(NC2CCCOC2)n1. The van der Waals surface area contributed by atoms with E-state index < -0.39 is 0 Å². The molecular weight excluding hydrogens is 184 g/mol. The molecule has 1 saturated heterocycles. The molecule has 1 aromatic heterocycles. The summed E-state index contributed by atoms with van der Waals surface area (Å²) in [5.41, 5.74) is 1.09. The van der Waals surface area contributed by atoms with Gasteiger partial charge in [-0.3, -0.25) is 0 Å². The molecule has 0 radical (unpaired) electrons. The van der Waals surface area contributed by atoms with Crippen LogP contribution >= 0.6 is 11.3 Å². The van der Waals surface area contributed by atoms with Crippen LogP contribution in [0.1, 0.15) is 18.5 Å². The zero-order valence-corrected chi connectivity index (χ0v) is 8.56. The molecule has 1 aliphatic rings. The molecular formula is C9H14N2OS. The maximum Gasteiger partial charge on any atom is 0.183 e. The summed E-state index contributed by atoms with van der Waals surface area (Å²) in [5.74, 6) is 0. The van der Waals surface area contributed by atoms with Gasteiger partial charge >= 0.3 is 0 Å². The third-order valence-electron chi connectivity index (χ3n) is 2.11. The summed E-state index contributed by atoms with van der Waals surface area (Å²) >= 11 is 1.67. The predicted octanol–water partition coefficient (Wildman–Crippen LogP) is 2.04. The first-order valence-electron chi connectivity index (χ1n) is 4.61. The van der Waals surface area contributed by atoms with E-state index in [-0.39, 0.29) is 0 Å². The number of hydrogen-bond donors (Lipinski definition) is 1. The highest BCUT2D eigenvalue weighted by Gasteiger charge is 2.14. The molecule has 1 fully saturated rings. The minimum absolute atomic E-state index is 0.458. The van der Waals surface area contributed by atoms with Crippen LogP contribution in [0.15, 0.2) is 5.38 Å². The van der Waals surface area contributed by atoms with E-state index in [4.69, 9.17) is 4.74 Å². The molecule has 0 amide bonds. The lowest BCUT2D eigenvalue weighted by Gasteiger charge is -2.22. The summed E-state index contributed by atoms with van der Waals surface area (Å²) in [6.45, 7) is 3.74. The lowest BCUT2D eigenvalue weighted by Crippen LogP contribution is -2.29. The Bertz CT molecular complexity index is 268. The van der Waals surface area contributed by atoms with Crippen LogP contribution in [0.25, 0.3) is 0 Å². The number of anilines is 1. The lowest BCUT2D eigenvalue weighted by atomic mass is 10.1. The highest BCUT2D eigenvalue weighted by molar-refractivity contribution is 7.13. The highest BCUT2D eigenvalue weighted by Crippen LogP contribution is 2.18. The summed E-state index contributed by atoms with van der Waals surface area (Å²) in [4.78, 5) is 4.36. The van der Waals surface area contributed by atoms with Crippen LogP contribution in [0.2, 0.25) is 0 Å². The molecule has 72 valence electrons. The molecule has 13 heavy (non-hydrogen) atoms. The second-order valence-corrected chi connectivity index (χ2v) is 4.21. The molecule has 3 nitrogen and oxygen atoms in total. The van der Waals surface area contributed by atoms with Crippen LogP contribution < -0.4 is 5.32 Å². The Labute approximate surface area is 82.1 Å². The fraction of sp³-hybridized carbons (Fsp3) is 0.667. The van der Waals surface area contributed by atoms with Crippen LogP contribution in [0.4, 0.5) is 5.13 Å². The topological polar surface area (TPSA) is 34.1 Å². The van der Waals surface area contributed by atoms with Gasteiger partial charge in [-0.1, -0.05) is 0 Å². The largest absolute Gasteiger partial charge is 0.379 e. The van der Waals surface area contributed by atoms with Crippen molar-refractivity contribution in [3.63, 3.8) is 0 Å². The van der Waals surface area contributed by atoms with E-state index >= 15 is 0 Å². The van der Waals surface area contributed by atoms with Crippen molar-refractivity contribution in [2.45, 2.75) is 25.8 Å². The minimum Gasteiger partial charge on any atom is -0.379 e. The standard InChI is InChI=1S/C9H14N2OS/c1-7-6-13-9(10-7)11-8-3-2-4-12-5-8/h6,8H,2-5H2,1H3,(H,10,11). The van der Waals surface area contributed by atoms with E-state index in [0.717, 1.165) is 30.5 Å². The molecule has 1 aliphatic heterocycles. The fourth-order valence-corrected chi connectivity index (χ4v) is 2.22. The number of nitrogens with zero attached hydrogens (tertiary/aromatic N) is 1. The Morgan fingerprint density at radius 2 is 2.62 bits per heavy atom. The molecule has 0 aromatic carbocycles.